The molecule has 0 radical (unpaired) electrons. The van der Waals surface area contributed by atoms with Gasteiger partial charge in [0.25, 0.3) is 0 Å². The zero-order valence-corrected chi connectivity index (χ0v) is 12.7. The predicted molar refractivity (Wildman–Crippen MR) is 84.1 cm³/mol. The minimum absolute atomic E-state index is 0.0285. The van der Waals surface area contributed by atoms with Crippen molar-refractivity contribution in [3.8, 4) is 0 Å². The first kappa shape index (κ1) is 16.3. The molecule has 0 saturated heterocycles. The van der Waals surface area contributed by atoms with Crippen LogP contribution >= 0.6 is 23.4 Å². The Labute approximate surface area is 134 Å². The van der Waals surface area contributed by atoms with E-state index < -0.39 is 11.6 Å². The first-order valence-corrected chi connectivity index (χ1v) is 7.19. The Morgan fingerprint density at radius 3 is 2.32 bits per heavy atom. The smallest absolute Gasteiger partial charge is 0.142 e. The molecule has 4 nitrogen and oxygen atoms in total. The van der Waals surface area contributed by atoms with Crippen LogP contribution in [0.1, 0.15) is 0 Å². The van der Waals surface area contributed by atoms with E-state index in [1.807, 2.05) is 0 Å². The van der Waals surface area contributed by atoms with Gasteiger partial charge in [-0.05, 0) is 12.1 Å². The van der Waals surface area contributed by atoms with E-state index in [0.29, 0.717) is 4.90 Å². The average Bonchev–Trinajstić information content (AvgIpc) is 2.43. The highest BCUT2D eigenvalue weighted by Crippen LogP contribution is 2.34. The SMILES string of the molecule is NC(Cl)=CC(N)=Nc1cc(F)c(Sc2ccncc2)c(F)c1. The molecule has 0 spiro atoms. The Balaban J connectivity index is 2.31. The summed E-state index contributed by atoms with van der Waals surface area (Å²) in [6, 6.07) is 5.47. The van der Waals surface area contributed by atoms with Crippen LogP contribution in [0.5, 0.6) is 0 Å². The normalized spacial score (nSPS) is 12.5. The lowest BCUT2D eigenvalue weighted by Gasteiger charge is -2.06. The van der Waals surface area contributed by atoms with Crippen LogP contribution in [-0.2, 0) is 0 Å². The molecule has 0 atom stereocenters. The molecule has 1 aromatic heterocycles. The second kappa shape index (κ2) is 7.24. The fourth-order valence-corrected chi connectivity index (χ4v) is 2.47. The summed E-state index contributed by atoms with van der Waals surface area (Å²) >= 11 is 6.39. The molecular formula is C14H11ClF2N4S. The fraction of sp³-hybridized carbons (Fsp3) is 0. The Morgan fingerprint density at radius 1 is 1.18 bits per heavy atom. The number of nitrogens with zero attached hydrogens (tertiary/aromatic N) is 2. The van der Waals surface area contributed by atoms with Crippen molar-refractivity contribution >= 4 is 34.9 Å². The van der Waals surface area contributed by atoms with Crippen LogP contribution in [0, 0.1) is 11.6 Å². The van der Waals surface area contributed by atoms with E-state index in [9.17, 15) is 8.78 Å². The van der Waals surface area contributed by atoms with Crippen molar-refractivity contribution in [2.24, 2.45) is 16.5 Å². The molecule has 8 heteroatoms. The summed E-state index contributed by atoms with van der Waals surface area (Å²) in [6.45, 7) is 0. The monoisotopic (exact) mass is 340 g/mol. The number of rotatable bonds is 4. The molecule has 4 N–H and O–H groups in total. The molecule has 22 heavy (non-hydrogen) atoms. The molecule has 0 saturated carbocycles. The number of aliphatic imine (C=N–C) groups is 1. The molecule has 114 valence electrons. The van der Waals surface area contributed by atoms with Crippen LogP contribution in [0.3, 0.4) is 0 Å². The number of benzene rings is 1. The highest BCUT2D eigenvalue weighted by Gasteiger charge is 2.13. The van der Waals surface area contributed by atoms with E-state index in [0.717, 1.165) is 23.9 Å². The molecule has 1 aromatic carbocycles. The third-order valence-electron chi connectivity index (χ3n) is 2.40. The van der Waals surface area contributed by atoms with Gasteiger partial charge in [0, 0.05) is 35.5 Å². The van der Waals surface area contributed by atoms with Crippen molar-refractivity contribution in [1.29, 1.82) is 0 Å². The highest BCUT2D eigenvalue weighted by atomic mass is 35.5. The Kier molecular flexibility index (Phi) is 5.35. The van der Waals surface area contributed by atoms with Crippen molar-refractivity contribution in [3.63, 3.8) is 0 Å². The van der Waals surface area contributed by atoms with Crippen LogP contribution in [-0.4, -0.2) is 10.8 Å². The number of halogens is 3. The second-order valence-electron chi connectivity index (χ2n) is 4.09. The molecule has 0 aliphatic rings. The topological polar surface area (TPSA) is 77.3 Å². The summed E-state index contributed by atoms with van der Waals surface area (Å²) < 4.78 is 28.1. The lowest BCUT2D eigenvalue weighted by Crippen LogP contribution is -2.09. The van der Waals surface area contributed by atoms with Gasteiger partial charge in [0.05, 0.1) is 10.6 Å². The number of hydrogen-bond acceptors (Lipinski definition) is 4. The van der Waals surface area contributed by atoms with Crippen LogP contribution in [0.4, 0.5) is 14.5 Å². The molecule has 0 unspecified atom stereocenters. The van der Waals surface area contributed by atoms with Gasteiger partial charge in [-0.1, -0.05) is 23.4 Å². The van der Waals surface area contributed by atoms with Crippen LogP contribution in [0.15, 0.2) is 62.7 Å². The van der Waals surface area contributed by atoms with Crippen LogP contribution in [0.25, 0.3) is 0 Å². The molecule has 0 bridgehead atoms. The molecule has 0 fully saturated rings. The first-order valence-electron chi connectivity index (χ1n) is 5.99. The van der Waals surface area contributed by atoms with Crippen LogP contribution in [0.2, 0.25) is 0 Å². The molecule has 0 amide bonds. The molecule has 2 rings (SSSR count). The Bertz CT molecular complexity index is 708. The van der Waals surface area contributed by atoms with Crippen molar-refractivity contribution in [3.05, 3.63) is 59.5 Å². The summed E-state index contributed by atoms with van der Waals surface area (Å²) in [7, 11) is 0. The molecular weight excluding hydrogens is 330 g/mol. The van der Waals surface area contributed by atoms with Gasteiger partial charge in [0.15, 0.2) is 0 Å². The Morgan fingerprint density at radius 2 is 1.77 bits per heavy atom. The number of aromatic nitrogens is 1. The van der Waals surface area contributed by atoms with Gasteiger partial charge in [-0.15, -0.1) is 0 Å². The predicted octanol–water partition coefficient (Wildman–Crippen LogP) is 3.54. The third kappa shape index (κ3) is 4.44. The van der Waals surface area contributed by atoms with Gasteiger partial charge in [-0.2, -0.15) is 0 Å². The maximum absolute atomic E-state index is 14.1. The van der Waals surface area contributed by atoms with Gasteiger partial charge in [-0.25, -0.2) is 13.8 Å². The molecule has 0 aliphatic heterocycles. The molecule has 0 aliphatic carbocycles. The molecule has 1 heterocycles. The van der Waals surface area contributed by atoms with Crippen LogP contribution < -0.4 is 11.5 Å². The third-order valence-corrected chi connectivity index (χ3v) is 3.61. The zero-order valence-electron chi connectivity index (χ0n) is 11.1. The van der Waals surface area contributed by atoms with E-state index in [-0.39, 0.29) is 21.6 Å². The lowest BCUT2D eigenvalue weighted by atomic mass is 10.3. The van der Waals surface area contributed by atoms with E-state index in [1.54, 1.807) is 24.5 Å². The van der Waals surface area contributed by atoms with Crippen molar-refractivity contribution in [2.45, 2.75) is 9.79 Å². The van der Waals surface area contributed by atoms with Gasteiger partial charge < -0.3 is 11.5 Å². The van der Waals surface area contributed by atoms with Gasteiger partial charge >= 0.3 is 0 Å². The van der Waals surface area contributed by atoms with Crippen molar-refractivity contribution in [1.82, 2.24) is 4.98 Å². The van der Waals surface area contributed by atoms with Crippen molar-refractivity contribution < 1.29 is 8.78 Å². The summed E-state index contributed by atoms with van der Waals surface area (Å²) in [4.78, 5) is 8.21. The second-order valence-corrected chi connectivity index (χ2v) is 5.61. The van der Waals surface area contributed by atoms with E-state index in [4.69, 9.17) is 23.1 Å². The highest BCUT2D eigenvalue weighted by molar-refractivity contribution is 7.99. The standard InChI is InChI=1S/C14H11ClF2N4S/c15-12(18)7-13(19)21-8-5-10(16)14(11(17)6-8)22-9-1-3-20-4-2-9/h1-7H,18H2,(H2,19,21). The summed E-state index contributed by atoms with van der Waals surface area (Å²) in [5, 5.41) is -0.0768. The van der Waals surface area contributed by atoms with E-state index in [2.05, 4.69) is 9.98 Å². The zero-order chi connectivity index (χ0) is 16.1. The number of nitrogens with two attached hydrogens (primary N) is 2. The minimum atomic E-state index is -0.740. The van der Waals surface area contributed by atoms with Gasteiger partial charge in [-0.3, -0.25) is 4.98 Å². The van der Waals surface area contributed by atoms with Gasteiger partial charge in [0.1, 0.15) is 22.6 Å². The Hall–Kier alpha value is -2.12. The first-order chi connectivity index (χ1) is 10.5. The van der Waals surface area contributed by atoms with E-state index >= 15 is 0 Å². The average molecular weight is 341 g/mol. The number of amidine groups is 1. The summed E-state index contributed by atoms with van der Waals surface area (Å²) in [5.41, 5.74) is 10.8. The largest absolute Gasteiger partial charge is 0.389 e. The lowest BCUT2D eigenvalue weighted by molar-refractivity contribution is 0.541. The number of hydrogen-bond donors (Lipinski definition) is 2. The van der Waals surface area contributed by atoms with E-state index in [1.165, 1.54) is 6.08 Å². The summed E-state index contributed by atoms with van der Waals surface area (Å²) in [5.74, 6) is -1.53. The summed E-state index contributed by atoms with van der Waals surface area (Å²) in [6.07, 6.45) is 4.26. The fourth-order valence-electron chi connectivity index (χ4n) is 1.56. The van der Waals surface area contributed by atoms with Crippen molar-refractivity contribution in [2.75, 3.05) is 0 Å². The minimum Gasteiger partial charge on any atom is -0.389 e. The quantitative estimate of drug-likeness (QED) is 0.507. The molecule has 2 aromatic rings. The number of pyridine rings is 1. The van der Waals surface area contributed by atoms with Gasteiger partial charge in [0.2, 0.25) is 0 Å². The maximum Gasteiger partial charge on any atom is 0.142 e. The maximum atomic E-state index is 14.1.